The van der Waals surface area contributed by atoms with Crippen LogP contribution in [0.1, 0.15) is 247 Å². The molecule has 0 radical (unpaired) electrons. The molecule has 0 atom stereocenters. The van der Waals surface area contributed by atoms with Gasteiger partial charge in [-0.3, -0.25) is 19.2 Å². The van der Waals surface area contributed by atoms with Gasteiger partial charge in [-0.25, -0.2) is 4.79 Å². The Morgan fingerprint density at radius 1 is 0.403 bits per heavy atom. The summed E-state index contributed by atoms with van der Waals surface area (Å²) in [5.41, 5.74) is 0. The molecule has 0 aliphatic rings. The molecule has 0 bridgehead atoms. The van der Waals surface area contributed by atoms with Crippen LogP contribution in [-0.4, -0.2) is 94.1 Å². The Bertz CT molecular complexity index is 1080. The molecule has 0 aromatic carbocycles. The number of esters is 4. The molecule has 0 aliphatic carbocycles. The van der Waals surface area contributed by atoms with Gasteiger partial charge in [0.2, 0.25) is 0 Å². The first-order valence-electron chi connectivity index (χ1n) is 27.9. The predicted octanol–water partition coefficient (Wildman–Crippen LogP) is 13.6. The van der Waals surface area contributed by atoms with E-state index in [-0.39, 0.29) is 69.7 Å². The van der Waals surface area contributed by atoms with E-state index in [4.69, 9.17) is 23.7 Å². The summed E-state index contributed by atoms with van der Waals surface area (Å²) >= 11 is 0. The van der Waals surface area contributed by atoms with Crippen molar-refractivity contribution in [1.29, 1.82) is 0 Å². The van der Waals surface area contributed by atoms with Gasteiger partial charge in [-0.15, -0.1) is 0 Å². The molecule has 12 heteroatoms. The number of nitrogens with zero attached hydrogens (tertiary/aromatic N) is 1. The molecule has 394 valence electrons. The highest BCUT2D eigenvalue weighted by Crippen LogP contribution is 2.23. The highest BCUT2D eigenvalue weighted by Gasteiger charge is 2.22. The minimum absolute atomic E-state index is 0.0590. The Morgan fingerprint density at radius 2 is 0.731 bits per heavy atom. The second kappa shape index (κ2) is 48.1. The smallest absolute Gasteiger partial charge is 0.407 e. The van der Waals surface area contributed by atoms with Gasteiger partial charge in [0.25, 0.3) is 0 Å². The maximum absolute atomic E-state index is 13.1. The van der Waals surface area contributed by atoms with E-state index in [1.165, 1.54) is 103 Å². The maximum Gasteiger partial charge on any atom is 0.407 e. The van der Waals surface area contributed by atoms with Crippen LogP contribution < -0.4 is 5.32 Å². The molecule has 67 heavy (non-hydrogen) atoms. The van der Waals surface area contributed by atoms with Gasteiger partial charge in [-0.1, -0.05) is 196 Å². The molecule has 0 unspecified atom stereocenters. The van der Waals surface area contributed by atoms with E-state index < -0.39 is 23.9 Å². The molecule has 1 N–H and O–H groups in total. The molecule has 0 aliphatic heterocycles. The minimum atomic E-state index is -0.601. The molecule has 0 rings (SSSR count). The van der Waals surface area contributed by atoms with Crippen LogP contribution in [0.25, 0.3) is 0 Å². The number of carbonyl (C=O) groups is 5. The van der Waals surface area contributed by atoms with E-state index in [9.17, 15) is 24.0 Å². The molecule has 0 spiro atoms. The topological polar surface area (TPSA) is 147 Å². The zero-order chi connectivity index (χ0) is 49.4. The number of rotatable bonds is 49. The number of ether oxygens (including phenoxy) is 5. The Hall–Kier alpha value is -2.89. The van der Waals surface area contributed by atoms with Gasteiger partial charge in [-0.05, 0) is 51.6 Å². The lowest BCUT2D eigenvalue weighted by Crippen LogP contribution is -2.36. The van der Waals surface area contributed by atoms with Crippen molar-refractivity contribution in [3.05, 3.63) is 0 Å². The number of hydrogen-bond donors (Lipinski definition) is 1. The van der Waals surface area contributed by atoms with Gasteiger partial charge < -0.3 is 33.9 Å². The predicted molar refractivity (Wildman–Crippen MR) is 272 cm³/mol. The lowest BCUT2D eigenvalue weighted by Gasteiger charge is -2.19. The van der Waals surface area contributed by atoms with Crippen LogP contribution in [0.4, 0.5) is 4.79 Å². The van der Waals surface area contributed by atoms with Crippen LogP contribution in [0.2, 0.25) is 0 Å². The number of carbonyl (C=O) groups excluding carboxylic acids is 5. The average molecular weight is 953 g/mol. The fourth-order valence-electron chi connectivity index (χ4n) is 8.27. The monoisotopic (exact) mass is 953 g/mol. The van der Waals surface area contributed by atoms with Crippen molar-refractivity contribution in [2.75, 3.05) is 59.2 Å². The highest BCUT2D eigenvalue weighted by atomic mass is 16.6. The van der Waals surface area contributed by atoms with Crippen LogP contribution in [-0.2, 0) is 42.9 Å². The second-order valence-corrected chi connectivity index (χ2v) is 18.9. The summed E-state index contributed by atoms with van der Waals surface area (Å²) in [6.07, 6.45) is 31.8. The number of likely N-dealkylation sites (N-methyl/N-ethyl adjacent to an activating group) is 1. The summed E-state index contributed by atoms with van der Waals surface area (Å²) in [6.45, 7) is 15.7. The van der Waals surface area contributed by atoms with Crippen LogP contribution in [0, 0.1) is 17.8 Å². The molecule has 1 amide bonds. The largest absolute Gasteiger partial charge is 0.465 e. The third-order valence-corrected chi connectivity index (χ3v) is 12.8. The van der Waals surface area contributed by atoms with E-state index in [1.807, 2.05) is 0 Å². The Labute approximate surface area is 410 Å². The first-order chi connectivity index (χ1) is 32.6. The zero-order valence-electron chi connectivity index (χ0n) is 44.3. The second-order valence-electron chi connectivity index (χ2n) is 18.9. The summed E-state index contributed by atoms with van der Waals surface area (Å²) in [6, 6.07) is 0. The maximum atomic E-state index is 13.1. The molecular formula is C55H104N2O10. The van der Waals surface area contributed by atoms with Crippen molar-refractivity contribution < 1.29 is 47.7 Å². The SMILES string of the molecule is CCCCCCCCC(CCCCCCCC)C(=O)OCCCC(=O)OCC(COC(=O)CCCOC(=O)C(CCCCCCCC)CCCCCCCC)COC(=O)NCCN(CC)CC. The van der Waals surface area contributed by atoms with Crippen molar-refractivity contribution in [3.8, 4) is 0 Å². The first kappa shape index (κ1) is 64.1. The standard InChI is InChI=1S/C55H104N2O10/c1-7-13-17-21-25-29-35-49(36-30-26-22-18-14-8-2)53(60)63-43-33-39-51(58)65-45-48(47-67-55(62)56-41-42-57(11-5)12-6)46-66-52(59)40-34-44-64-54(61)50(37-31-27-23-19-15-9-3)38-32-28-24-20-16-10-4/h48-50H,7-47H2,1-6H3,(H,56,62). The number of amides is 1. The van der Waals surface area contributed by atoms with E-state index in [1.54, 1.807) is 0 Å². The third kappa shape index (κ3) is 40.7. The fraction of sp³-hybridized carbons (Fsp3) is 0.909. The Morgan fingerprint density at radius 3 is 1.07 bits per heavy atom. The highest BCUT2D eigenvalue weighted by molar-refractivity contribution is 5.73. The number of nitrogens with one attached hydrogen (secondary N) is 1. The minimum Gasteiger partial charge on any atom is -0.465 e. The van der Waals surface area contributed by atoms with Crippen molar-refractivity contribution in [2.45, 2.75) is 247 Å². The van der Waals surface area contributed by atoms with Gasteiger partial charge in [-0.2, -0.15) is 0 Å². The first-order valence-corrected chi connectivity index (χ1v) is 27.9. The number of hydrogen-bond acceptors (Lipinski definition) is 11. The van der Waals surface area contributed by atoms with Gasteiger partial charge >= 0.3 is 30.0 Å². The van der Waals surface area contributed by atoms with Gasteiger partial charge in [0, 0.05) is 25.9 Å². The van der Waals surface area contributed by atoms with E-state index in [0.717, 1.165) is 90.1 Å². The van der Waals surface area contributed by atoms with Gasteiger partial charge in [0.15, 0.2) is 0 Å². The number of unbranched alkanes of at least 4 members (excludes halogenated alkanes) is 20. The molecule has 0 heterocycles. The molecule has 0 fully saturated rings. The van der Waals surface area contributed by atoms with Crippen LogP contribution in [0.15, 0.2) is 0 Å². The van der Waals surface area contributed by atoms with E-state index in [0.29, 0.717) is 25.9 Å². The molecular weight excluding hydrogens is 849 g/mol. The fourth-order valence-corrected chi connectivity index (χ4v) is 8.27. The van der Waals surface area contributed by atoms with Gasteiger partial charge in [0.05, 0.1) is 31.0 Å². The summed E-state index contributed by atoms with van der Waals surface area (Å²) in [7, 11) is 0. The molecule has 0 saturated heterocycles. The summed E-state index contributed by atoms with van der Waals surface area (Å²) in [5, 5.41) is 2.75. The van der Waals surface area contributed by atoms with Crippen LogP contribution in [0.3, 0.4) is 0 Å². The Balaban J connectivity index is 5.10. The molecule has 0 aromatic rings. The van der Waals surface area contributed by atoms with Crippen molar-refractivity contribution >= 4 is 30.0 Å². The quantitative estimate of drug-likeness (QED) is 0.0353. The lowest BCUT2D eigenvalue weighted by molar-refractivity contribution is -0.154. The zero-order valence-corrected chi connectivity index (χ0v) is 44.3. The van der Waals surface area contributed by atoms with Gasteiger partial charge in [0.1, 0.15) is 19.8 Å². The summed E-state index contributed by atoms with van der Waals surface area (Å²) in [5.74, 6) is -2.09. The third-order valence-electron chi connectivity index (χ3n) is 12.8. The van der Waals surface area contributed by atoms with E-state index in [2.05, 4.69) is 51.8 Å². The lowest BCUT2D eigenvalue weighted by atomic mass is 9.94. The normalized spacial score (nSPS) is 11.4. The van der Waals surface area contributed by atoms with Crippen LogP contribution >= 0.6 is 0 Å². The Kier molecular flexibility index (Phi) is 46.1. The summed E-state index contributed by atoms with van der Waals surface area (Å²) < 4.78 is 27.9. The van der Waals surface area contributed by atoms with Crippen LogP contribution in [0.5, 0.6) is 0 Å². The van der Waals surface area contributed by atoms with E-state index >= 15 is 0 Å². The molecule has 0 aromatic heterocycles. The average Bonchev–Trinajstić information content (AvgIpc) is 3.33. The van der Waals surface area contributed by atoms with Crippen molar-refractivity contribution in [2.24, 2.45) is 17.8 Å². The summed E-state index contributed by atoms with van der Waals surface area (Å²) in [4.78, 5) is 66.7. The molecule has 0 saturated carbocycles. The van der Waals surface area contributed by atoms with Crippen molar-refractivity contribution in [3.63, 3.8) is 0 Å². The molecule has 12 nitrogen and oxygen atoms in total. The number of alkyl carbamates (subject to hydrolysis) is 1. The van der Waals surface area contributed by atoms with Crippen molar-refractivity contribution in [1.82, 2.24) is 10.2 Å².